The van der Waals surface area contributed by atoms with Gasteiger partial charge in [0.05, 0.1) is 15.5 Å². The molecule has 11 heteroatoms. The number of carboxylic acids is 1. The van der Waals surface area contributed by atoms with E-state index in [1.165, 1.54) is 6.33 Å². The standard InChI is InChI=1S/C9H6ClN5O4S/c10-5-1-4(8(16)17)2-6(15(18)19)7(5)20-9-13-12-3-14(9)11/h1-3H,11H2,(H,16,17). The Morgan fingerprint density at radius 1 is 1.55 bits per heavy atom. The van der Waals surface area contributed by atoms with Crippen LogP contribution in [0.25, 0.3) is 0 Å². The molecule has 0 amide bonds. The number of nitrogens with two attached hydrogens (primary N) is 1. The van der Waals surface area contributed by atoms with E-state index in [1.54, 1.807) is 0 Å². The Morgan fingerprint density at radius 3 is 2.75 bits per heavy atom. The Morgan fingerprint density at radius 2 is 2.25 bits per heavy atom. The molecule has 0 saturated carbocycles. The van der Waals surface area contributed by atoms with E-state index < -0.39 is 16.6 Å². The number of aromatic carboxylic acids is 1. The van der Waals surface area contributed by atoms with Crippen molar-refractivity contribution in [3.8, 4) is 0 Å². The Balaban J connectivity index is 2.54. The highest BCUT2D eigenvalue weighted by molar-refractivity contribution is 7.99. The number of hydrogen-bond donors (Lipinski definition) is 2. The van der Waals surface area contributed by atoms with E-state index in [9.17, 15) is 14.9 Å². The van der Waals surface area contributed by atoms with Gasteiger partial charge in [0.2, 0.25) is 5.16 Å². The minimum absolute atomic E-state index is 0.0429. The van der Waals surface area contributed by atoms with Crippen molar-refractivity contribution in [3.63, 3.8) is 0 Å². The van der Waals surface area contributed by atoms with Gasteiger partial charge in [-0.2, -0.15) is 0 Å². The first-order valence-corrected chi connectivity index (χ1v) is 6.13. The maximum Gasteiger partial charge on any atom is 0.335 e. The van der Waals surface area contributed by atoms with Crippen LogP contribution < -0.4 is 5.84 Å². The number of nitro groups is 1. The number of rotatable bonds is 4. The van der Waals surface area contributed by atoms with Gasteiger partial charge >= 0.3 is 5.97 Å². The summed E-state index contributed by atoms with van der Waals surface area (Å²) >= 11 is 6.73. The van der Waals surface area contributed by atoms with Crippen LogP contribution in [-0.4, -0.2) is 30.9 Å². The van der Waals surface area contributed by atoms with Crippen LogP contribution in [0.2, 0.25) is 5.02 Å². The number of nitro benzene ring substituents is 1. The summed E-state index contributed by atoms with van der Waals surface area (Å²) in [5.41, 5.74) is -0.719. The van der Waals surface area contributed by atoms with Crippen LogP contribution in [0.5, 0.6) is 0 Å². The van der Waals surface area contributed by atoms with Gasteiger partial charge < -0.3 is 10.9 Å². The summed E-state index contributed by atoms with van der Waals surface area (Å²) in [5, 5.41) is 27.2. The minimum Gasteiger partial charge on any atom is -0.478 e. The molecule has 0 aliphatic carbocycles. The Labute approximate surface area is 120 Å². The molecule has 2 aromatic rings. The zero-order valence-corrected chi connectivity index (χ0v) is 11.1. The molecule has 0 radical (unpaired) electrons. The third kappa shape index (κ3) is 2.65. The summed E-state index contributed by atoms with van der Waals surface area (Å²) < 4.78 is 1.07. The first-order chi connectivity index (χ1) is 9.40. The number of benzene rings is 1. The first kappa shape index (κ1) is 14.1. The average Bonchev–Trinajstić information content (AvgIpc) is 2.76. The lowest BCUT2D eigenvalue weighted by molar-refractivity contribution is -0.387. The summed E-state index contributed by atoms with van der Waals surface area (Å²) in [5.74, 6) is 4.20. The van der Waals surface area contributed by atoms with E-state index in [0.29, 0.717) is 0 Å². The van der Waals surface area contributed by atoms with Gasteiger partial charge in [-0.15, -0.1) is 10.2 Å². The van der Waals surface area contributed by atoms with Crippen molar-refractivity contribution in [1.29, 1.82) is 0 Å². The zero-order chi connectivity index (χ0) is 14.9. The van der Waals surface area contributed by atoms with Crippen molar-refractivity contribution in [1.82, 2.24) is 14.9 Å². The molecule has 0 aliphatic heterocycles. The number of nitrogen functional groups attached to an aromatic ring is 1. The van der Waals surface area contributed by atoms with Gasteiger partial charge in [-0.3, -0.25) is 10.1 Å². The molecule has 20 heavy (non-hydrogen) atoms. The minimum atomic E-state index is -1.31. The van der Waals surface area contributed by atoms with Crippen LogP contribution >= 0.6 is 23.4 Å². The average molecular weight is 316 g/mol. The summed E-state index contributed by atoms with van der Waals surface area (Å²) in [6, 6.07) is 2.05. The van der Waals surface area contributed by atoms with Gasteiger partial charge in [0.15, 0.2) is 0 Å². The summed E-state index contributed by atoms with van der Waals surface area (Å²) in [6.45, 7) is 0. The lowest BCUT2D eigenvalue weighted by Crippen LogP contribution is -2.08. The second-order valence-electron chi connectivity index (χ2n) is 3.49. The predicted octanol–water partition coefficient (Wildman–Crippen LogP) is 1.40. The quantitative estimate of drug-likeness (QED) is 0.490. The van der Waals surface area contributed by atoms with E-state index in [-0.39, 0.29) is 20.6 Å². The molecule has 1 aromatic heterocycles. The highest BCUT2D eigenvalue weighted by Gasteiger charge is 2.23. The van der Waals surface area contributed by atoms with E-state index >= 15 is 0 Å². The van der Waals surface area contributed by atoms with E-state index in [1.807, 2.05) is 0 Å². The normalized spacial score (nSPS) is 10.4. The van der Waals surface area contributed by atoms with Gasteiger partial charge in [-0.25, -0.2) is 9.47 Å². The molecule has 1 heterocycles. The molecule has 0 spiro atoms. The van der Waals surface area contributed by atoms with E-state index in [4.69, 9.17) is 22.6 Å². The van der Waals surface area contributed by atoms with Crippen molar-refractivity contribution in [2.45, 2.75) is 10.1 Å². The molecule has 0 unspecified atom stereocenters. The monoisotopic (exact) mass is 315 g/mol. The summed E-state index contributed by atoms with van der Waals surface area (Å²) in [4.78, 5) is 21.2. The molecule has 1 aromatic carbocycles. The number of carboxylic acid groups (broad SMARTS) is 1. The molecule has 0 aliphatic rings. The second-order valence-corrected chi connectivity index (χ2v) is 4.88. The predicted molar refractivity (Wildman–Crippen MR) is 69.4 cm³/mol. The highest BCUT2D eigenvalue weighted by Crippen LogP contribution is 2.39. The molecule has 2 rings (SSSR count). The third-order valence-electron chi connectivity index (χ3n) is 2.20. The molecule has 0 atom stereocenters. The molecule has 3 N–H and O–H groups in total. The molecule has 0 bridgehead atoms. The van der Waals surface area contributed by atoms with Gasteiger partial charge in [0.1, 0.15) is 11.2 Å². The zero-order valence-electron chi connectivity index (χ0n) is 9.56. The Hall–Kier alpha value is -2.33. The van der Waals surface area contributed by atoms with Crippen molar-refractivity contribution < 1.29 is 14.8 Å². The van der Waals surface area contributed by atoms with Crippen LogP contribution in [-0.2, 0) is 0 Å². The molecule has 0 saturated heterocycles. The van der Waals surface area contributed by atoms with Crippen LogP contribution in [0.4, 0.5) is 5.69 Å². The fraction of sp³-hybridized carbons (Fsp3) is 0. The van der Waals surface area contributed by atoms with Gasteiger partial charge in [-0.05, 0) is 17.8 Å². The highest BCUT2D eigenvalue weighted by atomic mass is 35.5. The molecular weight excluding hydrogens is 310 g/mol. The van der Waals surface area contributed by atoms with Gasteiger partial charge in [0, 0.05) is 6.07 Å². The number of hydrogen-bond acceptors (Lipinski definition) is 7. The van der Waals surface area contributed by atoms with E-state index in [2.05, 4.69) is 10.2 Å². The van der Waals surface area contributed by atoms with E-state index in [0.717, 1.165) is 28.6 Å². The molecule has 9 nitrogen and oxygen atoms in total. The van der Waals surface area contributed by atoms with Crippen LogP contribution in [0, 0.1) is 10.1 Å². The lowest BCUT2D eigenvalue weighted by Gasteiger charge is -2.05. The van der Waals surface area contributed by atoms with Gasteiger partial charge in [0.25, 0.3) is 5.69 Å². The SMILES string of the molecule is Nn1cnnc1Sc1c(Cl)cc(C(=O)O)cc1[N+](=O)[O-]. The Bertz CT molecular complexity index is 704. The van der Waals surface area contributed by atoms with Crippen molar-refractivity contribution in [2.75, 3.05) is 5.84 Å². The number of nitrogens with zero attached hydrogens (tertiary/aromatic N) is 4. The Kier molecular flexibility index (Phi) is 3.77. The van der Waals surface area contributed by atoms with Crippen LogP contribution in [0.15, 0.2) is 28.5 Å². The second kappa shape index (κ2) is 5.35. The van der Waals surface area contributed by atoms with Crippen molar-refractivity contribution in [2.24, 2.45) is 0 Å². The number of carbonyl (C=O) groups is 1. The van der Waals surface area contributed by atoms with Crippen LogP contribution in [0.1, 0.15) is 10.4 Å². The summed E-state index contributed by atoms with van der Waals surface area (Å²) in [7, 11) is 0. The van der Waals surface area contributed by atoms with Crippen LogP contribution in [0.3, 0.4) is 0 Å². The fourth-order valence-electron chi connectivity index (χ4n) is 1.34. The topological polar surface area (TPSA) is 137 Å². The maximum atomic E-state index is 11.0. The fourth-order valence-corrected chi connectivity index (χ4v) is 2.48. The molecular formula is C9H6ClN5O4S. The number of aromatic nitrogens is 3. The van der Waals surface area contributed by atoms with Crippen molar-refractivity contribution in [3.05, 3.63) is 39.2 Å². The third-order valence-corrected chi connectivity index (χ3v) is 3.72. The molecule has 104 valence electrons. The smallest absolute Gasteiger partial charge is 0.335 e. The summed E-state index contributed by atoms with van der Waals surface area (Å²) in [6.07, 6.45) is 1.22. The molecule has 0 fully saturated rings. The van der Waals surface area contributed by atoms with Gasteiger partial charge in [-0.1, -0.05) is 11.6 Å². The number of halogens is 1. The first-order valence-electron chi connectivity index (χ1n) is 4.94. The largest absolute Gasteiger partial charge is 0.478 e. The lowest BCUT2D eigenvalue weighted by atomic mass is 10.2. The van der Waals surface area contributed by atoms with Crippen molar-refractivity contribution >= 4 is 35.0 Å². The maximum absolute atomic E-state index is 11.0.